The van der Waals surface area contributed by atoms with Crippen molar-refractivity contribution in [3.05, 3.63) is 71.1 Å². The lowest BCUT2D eigenvalue weighted by Crippen LogP contribution is -2.08. The van der Waals surface area contributed by atoms with Gasteiger partial charge in [0.1, 0.15) is 5.65 Å². The lowest BCUT2D eigenvalue weighted by molar-refractivity contribution is -0.111. The van der Waals surface area contributed by atoms with Gasteiger partial charge in [-0.15, -0.1) is 0 Å². The first-order valence-corrected chi connectivity index (χ1v) is 7.20. The second-order valence-electron chi connectivity index (χ2n) is 4.85. The third kappa shape index (κ3) is 2.87. The average molecular weight is 312 g/mol. The Labute approximate surface area is 133 Å². The summed E-state index contributed by atoms with van der Waals surface area (Å²) in [6.45, 7) is 1.95. The Kier molecular flexibility index (Phi) is 3.94. The summed E-state index contributed by atoms with van der Waals surface area (Å²) in [7, 11) is 0. The van der Waals surface area contributed by atoms with E-state index in [1.54, 1.807) is 6.08 Å². The van der Waals surface area contributed by atoms with Gasteiger partial charge in [0.25, 0.3) is 0 Å². The van der Waals surface area contributed by atoms with E-state index in [0.717, 1.165) is 16.9 Å². The molecule has 22 heavy (non-hydrogen) atoms. The van der Waals surface area contributed by atoms with Crippen molar-refractivity contribution in [3.63, 3.8) is 0 Å². The number of imidazole rings is 1. The predicted octanol–water partition coefficient (Wildman–Crippen LogP) is 3.95. The molecule has 0 saturated carbocycles. The Morgan fingerprint density at radius 1 is 1.23 bits per heavy atom. The Balaban J connectivity index is 1.82. The number of aromatic nitrogens is 2. The molecule has 1 N–H and O–H groups in total. The van der Waals surface area contributed by atoms with Crippen molar-refractivity contribution >= 4 is 34.9 Å². The summed E-state index contributed by atoms with van der Waals surface area (Å²) in [4.78, 5) is 16.3. The molecule has 0 aliphatic heterocycles. The van der Waals surface area contributed by atoms with Crippen LogP contribution in [-0.4, -0.2) is 15.3 Å². The number of carbonyl (C=O) groups excluding carboxylic acids is 1. The van der Waals surface area contributed by atoms with Crippen LogP contribution in [-0.2, 0) is 4.79 Å². The van der Waals surface area contributed by atoms with Crippen LogP contribution in [0.5, 0.6) is 0 Å². The summed E-state index contributed by atoms with van der Waals surface area (Å²) >= 11 is 6.12. The summed E-state index contributed by atoms with van der Waals surface area (Å²) in [5.74, 6) is -0.212. The highest BCUT2D eigenvalue weighted by molar-refractivity contribution is 6.31. The highest BCUT2D eigenvalue weighted by atomic mass is 35.5. The van der Waals surface area contributed by atoms with Gasteiger partial charge in [-0.25, -0.2) is 4.98 Å². The van der Waals surface area contributed by atoms with E-state index in [2.05, 4.69) is 10.3 Å². The fourth-order valence-corrected chi connectivity index (χ4v) is 2.42. The number of aryl methyl sites for hydroxylation is 1. The fraction of sp³-hybridized carbons (Fsp3) is 0.0588. The molecule has 0 aliphatic carbocycles. The van der Waals surface area contributed by atoms with Gasteiger partial charge in [0, 0.05) is 18.0 Å². The number of rotatable bonds is 3. The summed E-state index contributed by atoms with van der Waals surface area (Å²) in [6.07, 6.45) is 4.97. The monoisotopic (exact) mass is 311 g/mol. The van der Waals surface area contributed by atoms with E-state index in [-0.39, 0.29) is 5.91 Å². The van der Waals surface area contributed by atoms with Gasteiger partial charge in [-0.3, -0.25) is 9.20 Å². The lowest BCUT2D eigenvalue weighted by Gasteiger charge is -2.05. The smallest absolute Gasteiger partial charge is 0.248 e. The molecule has 4 nitrogen and oxygen atoms in total. The van der Waals surface area contributed by atoms with Crippen LogP contribution in [0.3, 0.4) is 0 Å². The molecule has 5 heteroatoms. The number of para-hydroxylation sites is 1. The number of halogens is 1. The molecule has 2 heterocycles. The molecule has 110 valence electrons. The number of anilines is 1. The van der Waals surface area contributed by atoms with Gasteiger partial charge in [0.05, 0.1) is 5.69 Å². The van der Waals surface area contributed by atoms with Crippen LogP contribution in [0.4, 0.5) is 5.69 Å². The largest absolute Gasteiger partial charge is 0.322 e. The number of nitrogens with zero attached hydrogens (tertiary/aromatic N) is 2. The van der Waals surface area contributed by atoms with E-state index in [9.17, 15) is 4.79 Å². The molecule has 0 fully saturated rings. The van der Waals surface area contributed by atoms with Crippen LogP contribution < -0.4 is 5.32 Å². The molecule has 0 atom stereocenters. The van der Waals surface area contributed by atoms with Crippen molar-refractivity contribution in [2.75, 3.05) is 5.32 Å². The predicted molar refractivity (Wildman–Crippen MR) is 89.0 cm³/mol. The topological polar surface area (TPSA) is 46.4 Å². The van der Waals surface area contributed by atoms with Crippen LogP contribution in [0.2, 0.25) is 5.15 Å². The van der Waals surface area contributed by atoms with Crippen molar-refractivity contribution < 1.29 is 4.79 Å². The third-order valence-corrected chi connectivity index (χ3v) is 3.60. The van der Waals surface area contributed by atoms with E-state index in [0.29, 0.717) is 10.8 Å². The molecular formula is C17H14ClN3O. The molecule has 3 rings (SSSR count). The molecule has 0 spiro atoms. The minimum atomic E-state index is -0.212. The minimum Gasteiger partial charge on any atom is -0.322 e. The van der Waals surface area contributed by atoms with Crippen molar-refractivity contribution in [1.82, 2.24) is 9.38 Å². The number of amides is 1. The fourth-order valence-electron chi connectivity index (χ4n) is 2.18. The number of benzene rings is 1. The van der Waals surface area contributed by atoms with Crippen molar-refractivity contribution in [2.24, 2.45) is 0 Å². The molecular weight excluding hydrogens is 298 g/mol. The van der Waals surface area contributed by atoms with Crippen LogP contribution >= 0.6 is 11.6 Å². The standard InChI is InChI=1S/C17H14ClN3O/c1-12-6-2-3-7-13(12)19-16(22)10-9-14-17(18)20-15-8-4-5-11-21(14)15/h2-11H,1H3,(H,19,22)/b10-9+. The summed E-state index contributed by atoms with van der Waals surface area (Å²) in [5.41, 5.74) is 3.22. The van der Waals surface area contributed by atoms with Crippen LogP contribution in [0.1, 0.15) is 11.3 Å². The van der Waals surface area contributed by atoms with Gasteiger partial charge in [-0.1, -0.05) is 35.9 Å². The Morgan fingerprint density at radius 3 is 2.82 bits per heavy atom. The maximum atomic E-state index is 12.0. The zero-order chi connectivity index (χ0) is 15.5. The highest BCUT2D eigenvalue weighted by Crippen LogP contribution is 2.19. The Morgan fingerprint density at radius 2 is 2.00 bits per heavy atom. The van der Waals surface area contributed by atoms with Gasteiger partial charge < -0.3 is 5.32 Å². The van der Waals surface area contributed by atoms with E-state index >= 15 is 0 Å². The van der Waals surface area contributed by atoms with Gasteiger partial charge in [-0.05, 0) is 36.8 Å². The average Bonchev–Trinajstić information content (AvgIpc) is 2.83. The zero-order valence-corrected chi connectivity index (χ0v) is 12.7. The van der Waals surface area contributed by atoms with Gasteiger partial charge in [-0.2, -0.15) is 0 Å². The number of nitrogens with one attached hydrogen (secondary N) is 1. The molecule has 0 saturated heterocycles. The van der Waals surface area contributed by atoms with Gasteiger partial charge >= 0.3 is 0 Å². The zero-order valence-electron chi connectivity index (χ0n) is 12.0. The maximum Gasteiger partial charge on any atom is 0.248 e. The summed E-state index contributed by atoms with van der Waals surface area (Å²) in [6, 6.07) is 13.2. The van der Waals surface area contributed by atoms with E-state index in [1.165, 1.54) is 6.08 Å². The number of fused-ring (bicyclic) bond motifs is 1. The van der Waals surface area contributed by atoms with Crippen LogP contribution in [0, 0.1) is 6.92 Å². The van der Waals surface area contributed by atoms with Crippen molar-refractivity contribution in [3.8, 4) is 0 Å². The first kappa shape index (κ1) is 14.4. The minimum absolute atomic E-state index is 0.212. The first-order valence-electron chi connectivity index (χ1n) is 6.82. The third-order valence-electron chi connectivity index (χ3n) is 3.32. The molecule has 0 radical (unpaired) electrons. The SMILES string of the molecule is Cc1ccccc1NC(=O)/C=C/c1c(Cl)nc2ccccn12. The molecule has 0 unspecified atom stereocenters. The molecule has 1 amide bonds. The normalized spacial score (nSPS) is 11.2. The second kappa shape index (κ2) is 6.03. The van der Waals surface area contributed by atoms with Gasteiger partial charge in [0.15, 0.2) is 5.15 Å². The molecule has 0 bridgehead atoms. The molecule has 1 aromatic carbocycles. The summed E-state index contributed by atoms with van der Waals surface area (Å²) < 4.78 is 1.83. The summed E-state index contributed by atoms with van der Waals surface area (Å²) in [5, 5.41) is 3.21. The van der Waals surface area contributed by atoms with Crippen LogP contribution in [0.25, 0.3) is 11.7 Å². The molecule has 3 aromatic rings. The van der Waals surface area contributed by atoms with E-state index in [1.807, 2.05) is 60.0 Å². The number of hydrogen-bond donors (Lipinski definition) is 1. The van der Waals surface area contributed by atoms with E-state index < -0.39 is 0 Å². The first-order chi connectivity index (χ1) is 10.6. The Hall–Kier alpha value is -2.59. The van der Waals surface area contributed by atoms with E-state index in [4.69, 9.17) is 11.6 Å². The number of carbonyl (C=O) groups is 1. The lowest BCUT2D eigenvalue weighted by atomic mass is 10.2. The Bertz CT molecular complexity index is 867. The number of pyridine rings is 1. The van der Waals surface area contributed by atoms with Crippen molar-refractivity contribution in [1.29, 1.82) is 0 Å². The van der Waals surface area contributed by atoms with Crippen LogP contribution in [0.15, 0.2) is 54.7 Å². The number of hydrogen-bond acceptors (Lipinski definition) is 2. The highest BCUT2D eigenvalue weighted by Gasteiger charge is 2.07. The quantitative estimate of drug-likeness (QED) is 0.744. The van der Waals surface area contributed by atoms with Crippen molar-refractivity contribution in [2.45, 2.75) is 6.92 Å². The van der Waals surface area contributed by atoms with Gasteiger partial charge in [0.2, 0.25) is 5.91 Å². The maximum absolute atomic E-state index is 12.0. The molecule has 2 aromatic heterocycles. The molecule has 0 aliphatic rings. The second-order valence-corrected chi connectivity index (χ2v) is 5.21.